The van der Waals surface area contributed by atoms with Gasteiger partial charge < -0.3 is 15.2 Å². The number of methoxy groups -OCH3 is 1. The molecule has 0 saturated carbocycles. The van der Waals surface area contributed by atoms with Gasteiger partial charge in [-0.1, -0.05) is 6.07 Å². The van der Waals surface area contributed by atoms with Crippen molar-refractivity contribution in [3.8, 4) is 23.8 Å². The lowest BCUT2D eigenvalue weighted by Crippen LogP contribution is -2.14. The van der Waals surface area contributed by atoms with Gasteiger partial charge in [0.05, 0.1) is 7.11 Å². The van der Waals surface area contributed by atoms with E-state index >= 15 is 0 Å². The number of phenolic OH excluding ortho intramolecular Hbond substituents is 1. The molecule has 1 aromatic carbocycles. The molecule has 0 bridgehead atoms. The molecule has 0 fully saturated rings. The molecule has 0 aliphatic rings. The van der Waals surface area contributed by atoms with Gasteiger partial charge in [-0.25, -0.2) is 0 Å². The number of ether oxygens (including phenoxy) is 1. The minimum Gasteiger partial charge on any atom is -0.507 e. The van der Waals surface area contributed by atoms with Crippen molar-refractivity contribution in [2.24, 2.45) is 0 Å². The number of nitrogens with one attached hydrogen (secondary N) is 1. The molecule has 0 atom stereocenters. The summed E-state index contributed by atoms with van der Waals surface area (Å²) in [6.07, 6.45) is 8.09. The van der Waals surface area contributed by atoms with Crippen molar-refractivity contribution in [1.82, 2.24) is 5.32 Å². The zero-order valence-electron chi connectivity index (χ0n) is 10.2. The number of hydrogen-bond donors (Lipinski definition) is 2. The molecule has 3 nitrogen and oxygen atoms in total. The molecule has 0 amide bonds. The second-order valence-electron chi connectivity index (χ2n) is 3.83. The van der Waals surface area contributed by atoms with Gasteiger partial charge in [-0.15, -0.1) is 12.3 Å². The second kappa shape index (κ2) is 7.59. The Morgan fingerprint density at radius 1 is 1.41 bits per heavy atom. The van der Waals surface area contributed by atoms with Crippen LogP contribution in [0.2, 0.25) is 0 Å². The van der Waals surface area contributed by atoms with Gasteiger partial charge in [0.25, 0.3) is 0 Å². The minimum absolute atomic E-state index is 0.264. The quantitative estimate of drug-likeness (QED) is 0.561. The third-order valence-corrected chi connectivity index (χ3v) is 2.53. The summed E-state index contributed by atoms with van der Waals surface area (Å²) in [5.74, 6) is 3.55. The molecule has 0 heterocycles. The van der Waals surface area contributed by atoms with Gasteiger partial charge in [0.1, 0.15) is 11.5 Å². The summed E-state index contributed by atoms with van der Waals surface area (Å²) >= 11 is 0. The van der Waals surface area contributed by atoms with Crippen LogP contribution in [-0.2, 0) is 6.54 Å². The van der Waals surface area contributed by atoms with Crippen LogP contribution in [0.5, 0.6) is 11.5 Å². The van der Waals surface area contributed by atoms with Gasteiger partial charge in [0, 0.05) is 24.6 Å². The summed E-state index contributed by atoms with van der Waals surface area (Å²) in [7, 11) is 1.58. The van der Waals surface area contributed by atoms with Crippen molar-refractivity contribution >= 4 is 0 Å². The maximum absolute atomic E-state index is 9.72. The Balaban J connectivity index is 2.30. The van der Waals surface area contributed by atoms with Crippen molar-refractivity contribution in [1.29, 1.82) is 0 Å². The van der Waals surface area contributed by atoms with E-state index in [1.54, 1.807) is 13.2 Å². The Labute approximate surface area is 103 Å². The SMILES string of the molecule is C#CCCCCNCc1ccc(OC)cc1O. The zero-order chi connectivity index (χ0) is 12.5. The molecule has 3 heteroatoms. The summed E-state index contributed by atoms with van der Waals surface area (Å²) < 4.78 is 5.02. The first-order valence-electron chi connectivity index (χ1n) is 5.78. The fraction of sp³-hybridized carbons (Fsp3) is 0.429. The number of phenols is 1. The highest BCUT2D eigenvalue weighted by atomic mass is 16.5. The highest BCUT2D eigenvalue weighted by Gasteiger charge is 2.02. The van der Waals surface area contributed by atoms with Gasteiger partial charge in [-0.3, -0.25) is 0 Å². The number of terminal acetylenes is 1. The van der Waals surface area contributed by atoms with Crippen LogP contribution >= 0.6 is 0 Å². The van der Waals surface area contributed by atoms with E-state index in [2.05, 4.69) is 11.2 Å². The van der Waals surface area contributed by atoms with Crippen LogP contribution in [0.1, 0.15) is 24.8 Å². The van der Waals surface area contributed by atoms with E-state index in [9.17, 15) is 5.11 Å². The van der Waals surface area contributed by atoms with Crippen LogP contribution in [0.4, 0.5) is 0 Å². The lowest BCUT2D eigenvalue weighted by molar-refractivity contribution is 0.406. The van der Waals surface area contributed by atoms with E-state index in [1.165, 1.54) is 0 Å². The van der Waals surface area contributed by atoms with E-state index in [0.717, 1.165) is 31.4 Å². The van der Waals surface area contributed by atoms with Crippen LogP contribution in [0, 0.1) is 12.3 Å². The van der Waals surface area contributed by atoms with Crippen molar-refractivity contribution in [2.45, 2.75) is 25.8 Å². The smallest absolute Gasteiger partial charge is 0.123 e. The summed E-state index contributed by atoms with van der Waals surface area (Å²) in [4.78, 5) is 0. The van der Waals surface area contributed by atoms with Crippen molar-refractivity contribution < 1.29 is 9.84 Å². The van der Waals surface area contributed by atoms with E-state index < -0.39 is 0 Å². The molecular formula is C14H19NO2. The van der Waals surface area contributed by atoms with E-state index in [0.29, 0.717) is 12.3 Å². The standard InChI is InChI=1S/C14H19NO2/c1-3-4-5-6-9-15-11-12-7-8-13(17-2)10-14(12)16/h1,7-8,10,15-16H,4-6,9,11H2,2H3. The largest absolute Gasteiger partial charge is 0.507 e. The summed E-state index contributed by atoms with van der Waals surface area (Å²) in [6.45, 7) is 1.57. The molecule has 0 aliphatic heterocycles. The average Bonchev–Trinajstić information content (AvgIpc) is 2.35. The Morgan fingerprint density at radius 3 is 2.88 bits per heavy atom. The van der Waals surface area contributed by atoms with E-state index in [1.807, 2.05) is 12.1 Å². The minimum atomic E-state index is 0.264. The number of benzene rings is 1. The lowest BCUT2D eigenvalue weighted by atomic mass is 10.2. The lowest BCUT2D eigenvalue weighted by Gasteiger charge is -2.08. The van der Waals surface area contributed by atoms with Gasteiger partial charge in [-0.2, -0.15) is 0 Å². The van der Waals surface area contributed by atoms with E-state index in [4.69, 9.17) is 11.2 Å². The summed E-state index contributed by atoms with van der Waals surface area (Å²) in [5, 5.41) is 13.0. The molecule has 92 valence electrons. The van der Waals surface area contributed by atoms with Crippen molar-refractivity contribution in [3.63, 3.8) is 0 Å². The van der Waals surface area contributed by atoms with Crippen LogP contribution in [0.15, 0.2) is 18.2 Å². The normalized spacial score (nSPS) is 9.88. The average molecular weight is 233 g/mol. The van der Waals surface area contributed by atoms with E-state index in [-0.39, 0.29) is 5.75 Å². The highest BCUT2D eigenvalue weighted by Crippen LogP contribution is 2.22. The van der Waals surface area contributed by atoms with Crippen LogP contribution < -0.4 is 10.1 Å². The van der Waals surface area contributed by atoms with Crippen LogP contribution in [-0.4, -0.2) is 18.8 Å². The maximum atomic E-state index is 9.72. The summed E-state index contributed by atoms with van der Waals surface area (Å²) in [6, 6.07) is 5.33. The van der Waals surface area contributed by atoms with Gasteiger partial charge in [0.15, 0.2) is 0 Å². The predicted molar refractivity (Wildman–Crippen MR) is 69.0 cm³/mol. The molecule has 0 aromatic heterocycles. The van der Waals surface area contributed by atoms with Crippen LogP contribution in [0.3, 0.4) is 0 Å². The fourth-order valence-electron chi connectivity index (χ4n) is 1.52. The molecule has 17 heavy (non-hydrogen) atoms. The Morgan fingerprint density at radius 2 is 2.24 bits per heavy atom. The highest BCUT2D eigenvalue weighted by molar-refractivity contribution is 5.39. The molecule has 0 saturated heterocycles. The first-order chi connectivity index (χ1) is 8.27. The number of rotatable bonds is 7. The number of aromatic hydroxyl groups is 1. The predicted octanol–water partition coefficient (Wildman–Crippen LogP) is 2.29. The molecule has 0 aliphatic carbocycles. The molecule has 0 spiro atoms. The fourth-order valence-corrected chi connectivity index (χ4v) is 1.52. The first kappa shape index (κ1) is 13.4. The van der Waals surface area contributed by atoms with Gasteiger partial charge in [-0.05, 0) is 25.5 Å². The second-order valence-corrected chi connectivity index (χ2v) is 3.83. The van der Waals surface area contributed by atoms with Gasteiger partial charge in [0.2, 0.25) is 0 Å². The topological polar surface area (TPSA) is 41.5 Å². The third-order valence-electron chi connectivity index (χ3n) is 2.53. The number of unbranched alkanes of at least 4 members (excludes halogenated alkanes) is 2. The van der Waals surface area contributed by atoms with Crippen molar-refractivity contribution in [3.05, 3.63) is 23.8 Å². The number of hydrogen-bond acceptors (Lipinski definition) is 3. The van der Waals surface area contributed by atoms with Gasteiger partial charge >= 0.3 is 0 Å². The summed E-state index contributed by atoms with van der Waals surface area (Å²) in [5.41, 5.74) is 0.878. The Kier molecular flexibility index (Phi) is 5.98. The Hall–Kier alpha value is -1.66. The molecule has 2 N–H and O–H groups in total. The Bertz CT molecular complexity index is 382. The molecule has 0 unspecified atom stereocenters. The molecular weight excluding hydrogens is 214 g/mol. The van der Waals surface area contributed by atoms with Crippen molar-refractivity contribution in [2.75, 3.05) is 13.7 Å². The maximum Gasteiger partial charge on any atom is 0.123 e. The third kappa shape index (κ3) is 4.80. The molecule has 1 aromatic rings. The molecule has 1 rings (SSSR count). The zero-order valence-corrected chi connectivity index (χ0v) is 10.2. The van der Waals surface area contributed by atoms with Crippen LogP contribution in [0.25, 0.3) is 0 Å². The first-order valence-corrected chi connectivity index (χ1v) is 5.78. The molecule has 0 radical (unpaired) electrons. The monoisotopic (exact) mass is 233 g/mol.